The van der Waals surface area contributed by atoms with Gasteiger partial charge < -0.3 is 24.8 Å². The first-order chi connectivity index (χ1) is 20.8. The van der Waals surface area contributed by atoms with E-state index in [1.54, 1.807) is 73.8 Å². The van der Waals surface area contributed by atoms with Crippen LogP contribution in [0.5, 0.6) is 17.2 Å². The summed E-state index contributed by atoms with van der Waals surface area (Å²) >= 11 is 1.14. The average Bonchev–Trinajstić information content (AvgIpc) is 3.25. The number of imide groups is 1. The number of carbonyl (C=O) groups excluding carboxylic acids is 3. The van der Waals surface area contributed by atoms with Gasteiger partial charge in [-0.3, -0.25) is 14.4 Å². The van der Waals surface area contributed by atoms with Crippen LogP contribution in [0.2, 0.25) is 0 Å². The lowest BCUT2D eigenvalue weighted by atomic mass is 10.1. The second kappa shape index (κ2) is 12.7. The Kier molecular flexibility index (Phi) is 8.68. The molecule has 9 nitrogen and oxygen atoms in total. The van der Waals surface area contributed by atoms with E-state index in [4.69, 9.17) is 14.2 Å². The molecule has 0 aliphatic carbocycles. The molecule has 4 aromatic carbocycles. The van der Waals surface area contributed by atoms with Crippen molar-refractivity contribution < 1.29 is 28.6 Å². The molecule has 0 radical (unpaired) electrons. The molecule has 4 aromatic rings. The van der Waals surface area contributed by atoms with Gasteiger partial charge in [0.1, 0.15) is 27.9 Å². The number of thioether (sulfide) groups is 1. The molecule has 0 saturated carbocycles. The SMILES string of the molecule is COc1ccc(N2C(=O)C(Nc3ccc(C)cc3)=C(Sc3cccc(NC(=O)c4ccc(OC)cc4OC)c3)C2=O)cc1. The fraction of sp³-hybridized carbons (Fsp3) is 0.121. The van der Waals surface area contributed by atoms with Crippen molar-refractivity contribution in [1.82, 2.24) is 0 Å². The molecule has 1 aliphatic heterocycles. The van der Waals surface area contributed by atoms with E-state index in [9.17, 15) is 14.4 Å². The Hall–Kier alpha value is -5.22. The van der Waals surface area contributed by atoms with Crippen LogP contribution in [0.15, 0.2) is 106 Å². The number of carbonyl (C=O) groups is 3. The second-order valence-electron chi connectivity index (χ2n) is 9.49. The van der Waals surface area contributed by atoms with Gasteiger partial charge in [-0.15, -0.1) is 0 Å². The summed E-state index contributed by atoms with van der Waals surface area (Å²) in [6.07, 6.45) is 0. The Bertz CT molecular complexity index is 1720. The van der Waals surface area contributed by atoms with Crippen LogP contribution in [-0.2, 0) is 9.59 Å². The molecule has 2 N–H and O–H groups in total. The maximum atomic E-state index is 13.8. The van der Waals surface area contributed by atoms with Crippen molar-refractivity contribution in [2.24, 2.45) is 0 Å². The summed E-state index contributed by atoms with van der Waals surface area (Å²) in [5, 5.41) is 6.04. The van der Waals surface area contributed by atoms with E-state index in [0.29, 0.717) is 44.8 Å². The number of anilines is 3. The zero-order chi connectivity index (χ0) is 30.5. The quantitative estimate of drug-likeness (QED) is 0.207. The molecule has 0 bridgehead atoms. The third kappa shape index (κ3) is 6.34. The highest BCUT2D eigenvalue weighted by Crippen LogP contribution is 2.39. The van der Waals surface area contributed by atoms with E-state index in [0.717, 1.165) is 22.2 Å². The molecule has 43 heavy (non-hydrogen) atoms. The molecule has 218 valence electrons. The molecule has 0 saturated heterocycles. The van der Waals surface area contributed by atoms with Gasteiger partial charge in [0.15, 0.2) is 0 Å². The molecule has 0 unspecified atom stereocenters. The second-order valence-corrected chi connectivity index (χ2v) is 10.6. The highest BCUT2D eigenvalue weighted by Gasteiger charge is 2.40. The van der Waals surface area contributed by atoms with Crippen molar-refractivity contribution >= 4 is 46.5 Å². The van der Waals surface area contributed by atoms with Crippen molar-refractivity contribution in [3.05, 3.63) is 113 Å². The molecule has 5 rings (SSSR count). The van der Waals surface area contributed by atoms with Crippen LogP contribution in [0.3, 0.4) is 0 Å². The fourth-order valence-electron chi connectivity index (χ4n) is 4.40. The first kappa shape index (κ1) is 29.3. The van der Waals surface area contributed by atoms with E-state index >= 15 is 0 Å². The van der Waals surface area contributed by atoms with Gasteiger partial charge in [-0.1, -0.05) is 35.5 Å². The number of hydrogen-bond acceptors (Lipinski definition) is 8. The molecule has 0 fully saturated rings. The third-order valence-electron chi connectivity index (χ3n) is 6.66. The molecule has 0 atom stereocenters. The zero-order valence-electron chi connectivity index (χ0n) is 24.0. The number of aryl methyl sites for hydroxylation is 1. The maximum absolute atomic E-state index is 13.8. The van der Waals surface area contributed by atoms with Crippen LogP contribution < -0.4 is 29.7 Å². The molecule has 3 amide bonds. The van der Waals surface area contributed by atoms with Crippen LogP contribution in [0.4, 0.5) is 17.1 Å². The van der Waals surface area contributed by atoms with Crippen molar-refractivity contribution in [2.45, 2.75) is 11.8 Å². The number of benzene rings is 4. The van der Waals surface area contributed by atoms with E-state index in [2.05, 4.69) is 10.6 Å². The van der Waals surface area contributed by atoms with Crippen molar-refractivity contribution in [2.75, 3.05) is 36.9 Å². The van der Waals surface area contributed by atoms with E-state index in [1.165, 1.54) is 14.2 Å². The van der Waals surface area contributed by atoms with E-state index < -0.39 is 11.8 Å². The summed E-state index contributed by atoms with van der Waals surface area (Å²) in [5.41, 5.74) is 3.15. The number of amides is 3. The molecule has 10 heteroatoms. The van der Waals surface area contributed by atoms with Crippen LogP contribution in [0.1, 0.15) is 15.9 Å². The Morgan fingerprint density at radius 1 is 0.744 bits per heavy atom. The van der Waals surface area contributed by atoms with Crippen molar-refractivity contribution in [1.29, 1.82) is 0 Å². The van der Waals surface area contributed by atoms with Crippen LogP contribution >= 0.6 is 11.8 Å². The van der Waals surface area contributed by atoms with Crippen LogP contribution in [0, 0.1) is 6.92 Å². The lowest BCUT2D eigenvalue weighted by Crippen LogP contribution is -2.32. The Balaban J connectivity index is 1.44. The summed E-state index contributed by atoms with van der Waals surface area (Å²) < 4.78 is 15.8. The smallest absolute Gasteiger partial charge is 0.283 e. The minimum absolute atomic E-state index is 0.159. The first-order valence-corrected chi connectivity index (χ1v) is 14.0. The van der Waals surface area contributed by atoms with Gasteiger partial charge in [0, 0.05) is 22.3 Å². The molecular formula is C33H29N3O6S. The fourth-order valence-corrected chi connectivity index (χ4v) is 5.39. The summed E-state index contributed by atoms with van der Waals surface area (Å²) in [5.74, 6) is 0.221. The molecule has 1 aliphatic rings. The van der Waals surface area contributed by atoms with Gasteiger partial charge in [-0.25, -0.2) is 4.90 Å². The molecule has 0 spiro atoms. The Labute approximate surface area is 253 Å². The van der Waals surface area contributed by atoms with Gasteiger partial charge in [0.05, 0.1) is 32.6 Å². The summed E-state index contributed by atoms with van der Waals surface area (Å²) in [6.45, 7) is 1.97. The lowest BCUT2D eigenvalue weighted by molar-refractivity contribution is -0.120. The van der Waals surface area contributed by atoms with Gasteiger partial charge in [0.2, 0.25) is 0 Å². The van der Waals surface area contributed by atoms with Gasteiger partial charge in [-0.2, -0.15) is 0 Å². The van der Waals surface area contributed by atoms with Crippen molar-refractivity contribution in [3.63, 3.8) is 0 Å². The Morgan fingerprint density at radius 2 is 1.44 bits per heavy atom. The number of nitrogens with one attached hydrogen (secondary N) is 2. The number of hydrogen-bond donors (Lipinski definition) is 2. The highest BCUT2D eigenvalue weighted by molar-refractivity contribution is 8.04. The van der Waals surface area contributed by atoms with Crippen molar-refractivity contribution in [3.8, 4) is 17.2 Å². The predicted molar refractivity (Wildman–Crippen MR) is 167 cm³/mol. The summed E-state index contributed by atoms with van der Waals surface area (Å²) in [7, 11) is 4.56. The highest BCUT2D eigenvalue weighted by atomic mass is 32.2. The molecule has 0 aromatic heterocycles. The van der Waals surface area contributed by atoms with Gasteiger partial charge >= 0.3 is 0 Å². The minimum atomic E-state index is -0.478. The summed E-state index contributed by atoms with van der Waals surface area (Å²) in [6, 6.07) is 26.2. The lowest BCUT2D eigenvalue weighted by Gasteiger charge is -2.15. The van der Waals surface area contributed by atoms with Gasteiger partial charge in [-0.05, 0) is 73.7 Å². The van der Waals surface area contributed by atoms with E-state index in [-0.39, 0.29) is 16.5 Å². The van der Waals surface area contributed by atoms with Crippen LogP contribution in [0.25, 0.3) is 0 Å². The standard InChI is InChI=1S/C33H29N3O6S/c1-20-8-10-21(11-9-20)34-29-30(33(39)36(32(29)38)23-12-14-24(40-2)15-13-23)43-26-7-5-6-22(18-26)35-31(37)27-17-16-25(41-3)19-28(27)42-4/h5-19,34H,1-4H3,(H,35,37). The normalized spacial score (nSPS) is 12.8. The monoisotopic (exact) mass is 595 g/mol. The van der Waals surface area contributed by atoms with E-state index in [1.807, 2.05) is 31.2 Å². The minimum Gasteiger partial charge on any atom is -0.497 e. The third-order valence-corrected chi connectivity index (χ3v) is 7.73. The average molecular weight is 596 g/mol. The zero-order valence-corrected chi connectivity index (χ0v) is 24.8. The first-order valence-electron chi connectivity index (χ1n) is 13.2. The Morgan fingerprint density at radius 3 is 2.12 bits per heavy atom. The van der Waals surface area contributed by atoms with Crippen LogP contribution in [-0.4, -0.2) is 39.1 Å². The number of nitrogens with zero attached hydrogens (tertiary/aromatic N) is 1. The summed E-state index contributed by atoms with van der Waals surface area (Å²) in [4.78, 5) is 42.6. The number of methoxy groups -OCH3 is 3. The molecular weight excluding hydrogens is 566 g/mol. The largest absolute Gasteiger partial charge is 0.497 e. The maximum Gasteiger partial charge on any atom is 0.283 e. The molecule has 1 heterocycles. The number of ether oxygens (including phenoxy) is 3. The van der Waals surface area contributed by atoms with Gasteiger partial charge in [0.25, 0.3) is 17.7 Å². The topological polar surface area (TPSA) is 106 Å². The predicted octanol–water partition coefficient (Wildman–Crippen LogP) is 6.26. The number of rotatable bonds is 10.